The Kier molecular flexibility index (Phi) is 3.71. The molecule has 4 bridgehead atoms. The van der Waals surface area contributed by atoms with Gasteiger partial charge in [-0.3, -0.25) is 0 Å². The molecule has 4 saturated carbocycles. The third-order valence-corrected chi connectivity index (χ3v) is 5.77. The van der Waals surface area contributed by atoms with E-state index in [2.05, 4.69) is 20.6 Å². The Labute approximate surface area is 149 Å². The van der Waals surface area contributed by atoms with E-state index >= 15 is 0 Å². The second-order valence-electron chi connectivity index (χ2n) is 9.35. The van der Waals surface area contributed by atoms with Crippen LogP contribution in [-0.2, 0) is 4.74 Å². The molecule has 6 nitrogen and oxygen atoms in total. The van der Waals surface area contributed by atoms with Crippen molar-refractivity contribution < 1.29 is 9.53 Å². The summed E-state index contributed by atoms with van der Waals surface area (Å²) < 4.78 is 5.53. The Hall–Kier alpha value is -1.85. The van der Waals surface area contributed by atoms with Gasteiger partial charge in [-0.2, -0.15) is 0 Å². The highest BCUT2D eigenvalue weighted by molar-refractivity contribution is 5.69. The number of carbonyl (C=O) groups is 1. The van der Waals surface area contributed by atoms with Gasteiger partial charge in [0.2, 0.25) is 5.95 Å². The molecule has 0 radical (unpaired) electrons. The van der Waals surface area contributed by atoms with Crippen molar-refractivity contribution in [2.24, 2.45) is 11.8 Å². The molecule has 2 N–H and O–H groups in total. The molecule has 1 amide bonds. The average Bonchev–Trinajstić information content (AvgIpc) is 2.43. The lowest BCUT2D eigenvalue weighted by Gasteiger charge is -2.62. The van der Waals surface area contributed by atoms with Gasteiger partial charge in [-0.25, -0.2) is 14.8 Å². The standard InChI is InChI=1S/C19H28N4O2/c1-17(2,3)25-16(24)23-19-10-13-7-14(11-19)9-18(8-13,12-19)22-15-20-5-4-6-21-15/h4-6,13-14H,7-12H2,1-3H3,(H,23,24)(H,20,21,22). The molecule has 5 rings (SSSR count). The quantitative estimate of drug-likeness (QED) is 0.877. The van der Waals surface area contributed by atoms with E-state index in [4.69, 9.17) is 4.74 Å². The molecule has 4 fully saturated rings. The van der Waals surface area contributed by atoms with Gasteiger partial charge in [0.05, 0.1) is 0 Å². The van der Waals surface area contributed by atoms with Gasteiger partial charge >= 0.3 is 6.09 Å². The van der Waals surface area contributed by atoms with Gasteiger partial charge in [0.15, 0.2) is 0 Å². The van der Waals surface area contributed by atoms with Crippen LogP contribution in [0.1, 0.15) is 59.3 Å². The zero-order valence-corrected chi connectivity index (χ0v) is 15.3. The van der Waals surface area contributed by atoms with E-state index in [1.54, 1.807) is 12.4 Å². The maximum absolute atomic E-state index is 12.4. The van der Waals surface area contributed by atoms with Crippen molar-refractivity contribution in [3.05, 3.63) is 18.5 Å². The number of rotatable bonds is 3. The molecule has 1 heterocycles. The van der Waals surface area contributed by atoms with Crippen molar-refractivity contribution in [2.45, 2.75) is 76.0 Å². The molecule has 0 aromatic carbocycles. The molecule has 4 aliphatic rings. The minimum atomic E-state index is -0.472. The van der Waals surface area contributed by atoms with Gasteiger partial charge in [0.1, 0.15) is 5.60 Å². The van der Waals surface area contributed by atoms with E-state index in [0.717, 1.165) is 32.1 Å². The molecule has 4 aliphatic carbocycles. The number of ether oxygens (including phenoxy) is 1. The average molecular weight is 344 g/mol. The lowest BCUT2D eigenvalue weighted by atomic mass is 9.50. The monoisotopic (exact) mass is 344 g/mol. The van der Waals surface area contributed by atoms with E-state index in [0.29, 0.717) is 17.8 Å². The molecule has 2 atom stereocenters. The minimum Gasteiger partial charge on any atom is -0.444 e. The highest BCUT2D eigenvalue weighted by atomic mass is 16.6. The van der Waals surface area contributed by atoms with Gasteiger partial charge < -0.3 is 15.4 Å². The predicted molar refractivity (Wildman–Crippen MR) is 95.2 cm³/mol. The summed E-state index contributed by atoms with van der Waals surface area (Å²) >= 11 is 0. The molecule has 136 valence electrons. The van der Waals surface area contributed by atoms with Crippen LogP contribution in [0.15, 0.2) is 18.5 Å². The van der Waals surface area contributed by atoms with Crippen LogP contribution in [0, 0.1) is 11.8 Å². The Morgan fingerprint density at radius 1 is 1.12 bits per heavy atom. The van der Waals surface area contributed by atoms with Gasteiger partial charge in [-0.05, 0) is 77.2 Å². The van der Waals surface area contributed by atoms with Crippen LogP contribution in [0.3, 0.4) is 0 Å². The molecule has 6 heteroatoms. The van der Waals surface area contributed by atoms with Crippen molar-refractivity contribution in [3.8, 4) is 0 Å². The normalized spacial score (nSPS) is 36.1. The predicted octanol–water partition coefficient (Wildman–Crippen LogP) is 3.50. The van der Waals surface area contributed by atoms with E-state index in [1.165, 1.54) is 6.42 Å². The van der Waals surface area contributed by atoms with Crippen molar-refractivity contribution >= 4 is 12.0 Å². The second-order valence-corrected chi connectivity index (χ2v) is 9.35. The third kappa shape index (κ3) is 3.44. The highest BCUT2D eigenvalue weighted by Crippen LogP contribution is 2.58. The summed E-state index contributed by atoms with van der Waals surface area (Å²) in [6.07, 6.45) is 9.83. The Bertz CT molecular complexity index is 641. The molecule has 2 unspecified atom stereocenters. The Morgan fingerprint density at radius 3 is 2.32 bits per heavy atom. The highest BCUT2D eigenvalue weighted by Gasteiger charge is 2.58. The van der Waals surface area contributed by atoms with E-state index in [9.17, 15) is 4.79 Å². The summed E-state index contributed by atoms with van der Waals surface area (Å²) in [4.78, 5) is 21.1. The summed E-state index contributed by atoms with van der Waals surface area (Å²) in [6.45, 7) is 5.71. The molecule has 25 heavy (non-hydrogen) atoms. The summed E-state index contributed by atoms with van der Waals surface area (Å²) in [5, 5.41) is 6.87. The molecule has 0 spiro atoms. The van der Waals surface area contributed by atoms with Crippen molar-refractivity contribution in [3.63, 3.8) is 0 Å². The Morgan fingerprint density at radius 2 is 1.72 bits per heavy atom. The lowest BCUT2D eigenvalue weighted by molar-refractivity contribution is -0.0326. The largest absolute Gasteiger partial charge is 0.444 e. The minimum absolute atomic E-state index is 0.0134. The Balaban J connectivity index is 1.53. The van der Waals surface area contributed by atoms with E-state index in [1.807, 2.05) is 26.8 Å². The number of amides is 1. The summed E-state index contributed by atoms with van der Waals surface area (Å²) in [5.41, 5.74) is -0.644. The van der Waals surface area contributed by atoms with Crippen molar-refractivity contribution in [2.75, 3.05) is 5.32 Å². The van der Waals surface area contributed by atoms with E-state index < -0.39 is 5.60 Å². The lowest BCUT2D eigenvalue weighted by Crippen LogP contribution is -2.67. The molecule has 1 aromatic rings. The molecule has 0 aliphatic heterocycles. The summed E-state index contributed by atoms with van der Waals surface area (Å²) in [6, 6.07) is 1.83. The first-order valence-corrected chi connectivity index (χ1v) is 9.31. The zero-order chi connectivity index (χ0) is 17.7. The van der Waals surface area contributed by atoms with Crippen molar-refractivity contribution in [1.82, 2.24) is 15.3 Å². The first-order valence-electron chi connectivity index (χ1n) is 9.31. The number of nitrogens with zero attached hydrogens (tertiary/aromatic N) is 2. The van der Waals surface area contributed by atoms with Crippen LogP contribution in [0.4, 0.5) is 10.7 Å². The molecular weight excluding hydrogens is 316 g/mol. The topological polar surface area (TPSA) is 76.1 Å². The smallest absolute Gasteiger partial charge is 0.408 e. The van der Waals surface area contributed by atoms with Crippen molar-refractivity contribution in [1.29, 1.82) is 0 Å². The SMILES string of the molecule is CC(C)(C)OC(=O)NC12CC3CC(C1)CC(Nc1ncccn1)(C3)C2. The first-order chi connectivity index (χ1) is 11.8. The van der Waals surface area contributed by atoms with E-state index in [-0.39, 0.29) is 17.2 Å². The number of hydrogen-bond acceptors (Lipinski definition) is 5. The van der Waals surface area contributed by atoms with Crippen LogP contribution in [0.2, 0.25) is 0 Å². The molecule has 0 saturated heterocycles. The number of alkyl carbamates (subject to hydrolysis) is 1. The van der Waals surface area contributed by atoms with Crippen LogP contribution in [0.25, 0.3) is 0 Å². The first kappa shape index (κ1) is 16.6. The van der Waals surface area contributed by atoms with Gasteiger partial charge in [0.25, 0.3) is 0 Å². The van der Waals surface area contributed by atoms with Crippen LogP contribution in [-0.4, -0.2) is 32.7 Å². The maximum Gasteiger partial charge on any atom is 0.408 e. The fourth-order valence-electron chi connectivity index (χ4n) is 5.68. The van der Waals surface area contributed by atoms with Crippen LogP contribution < -0.4 is 10.6 Å². The van der Waals surface area contributed by atoms with Gasteiger partial charge in [-0.15, -0.1) is 0 Å². The molecular formula is C19H28N4O2. The fraction of sp³-hybridized carbons (Fsp3) is 0.737. The van der Waals surface area contributed by atoms with Gasteiger partial charge in [0, 0.05) is 23.5 Å². The van der Waals surface area contributed by atoms with Gasteiger partial charge in [-0.1, -0.05) is 0 Å². The van der Waals surface area contributed by atoms with Crippen LogP contribution >= 0.6 is 0 Å². The third-order valence-electron chi connectivity index (χ3n) is 5.77. The number of carbonyl (C=O) groups excluding carboxylic acids is 1. The van der Waals surface area contributed by atoms with Crippen LogP contribution in [0.5, 0.6) is 0 Å². The number of hydrogen-bond donors (Lipinski definition) is 2. The summed E-state index contributed by atoms with van der Waals surface area (Å²) in [7, 11) is 0. The number of anilines is 1. The zero-order valence-electron chi connectivity index (χ0n) is 15.3. The number of nitrogens with one attached hydrogen (secondary N) is 2. The summed E-state index contributed by atoms with van der Waals surface area (Å²) in [5.74, 6) is 1.98. The number of aromatic nitrogens is 2. The second kappa shape index (κ2) is 5.58. The maximum atomic E-state index is 12.4. The molecule has 1 aromatic heterocycles. The fourth-order valence-corrected chi connectivity index (χ4v) is 5.68.